The zero-order valence-corrected chi connectivity index (χ0v) is 13.9. The van der Waals surface area contributed by atoms with E-state index < -0.39 is 0 Å². The molecule has 126 valence electrons. The van der Waals surface area contributed by atoms with Crippen LogP contribution in [-0.4, -0.2) is 58.5 Å². The number of carbonyl (C=O) groups is 1. The molecule has 0 aliphatic carbocycles. The standard InChI is InChI=1S/C17H22N6O/c1-2-22-8-10-23(11-9-22)17-19-7-5-15(21-17)16(24)20-13-14-4-3-6-18-12-14/h3-7,12H,2,8-11,13H2,1H3,(H,20,24). The van der Waals surface area contributed by atoms with Gasteiger partial charge in [-0.2, -0.15) is 0 Å². The van der Waals surface area contributed by atoms with Crippen LogP contribution < -0.4 is 10.2 Å². The summed E-state index contributed by atoms with van der Waals surface area (Å²) in [5.41, 5.74) is 1.35. The summed E-state index contributed by atoms with van der Waals surface area (Å²) in [5.74, 6) is 0.425. The van der Waals surface area contributed by atoms with Crippen molar-refractivity contribution in [1.29, 1.82) is 0 Å². The fourth-order valence-electron chi connectivity index (χ4n) is 2.67. The van der Waals surface area contributed by atoms with Gasteiger partial charge in [-0.3, -0.25) is 9.78 Å². The first-order valence-corrected chi connectivity index (χ1v) is 8.23. The Hall–Kier alpha value is -2.54. The summed E-state index contributed by atoms with van der Waals surface area (Å²) in [6, 6.07) is 5.41. The third-order valence-electron chi connectivity index (χ3n) is 4.15. The molecule has 7 nitrogen and oxygen atoms in total. The molecule has 1 aliphatic rings. The van der Waals surface area contributed by atoms with E-state index in [1.165, 1.54) is 0 Å². The highest BCUT2D eigenvalue weighted by Crippen LogP contribution is 2.11. The molecule has 0 bridgehead atoms. The molecule has 0 unspecified atom stereocenters. The summed E-state index contributed by atoms with van der Waals surface area (Å²) >= 11 is 0. The summed E-state index contributed by atoms with van der Waals surface area (Å²) in [6.45, 7) is 7.42. The lowest BCUT2D eigenvalue weighted by atomic mass is 10.3. The number of pyridine rings is 1. The molecule has 0 spiro atoms. The lowest BCUT2D eigenvalue weighted by Gasteiger charge is -2.34. The van der Waals surface area contributed by atoms with Crippen molar-refractivity contribution in [2.75, 3.05) is 37.6 Å². The van der Waals surface area contributed by atoms with Gasteiger partial charge in [0.05, 0.1) is 0 Å². The highest BCUT2D eigenvalue weighted by Gasteiger charge is 2.19. The Balaban J connectivity index is 1.61. The Morgan fingerprint density at radius 2 is 2.04 bits per heavy atom. The van der Waals surface area contributed by atoms with Gasteiger partial charge in [0.1, 0.15) is 5.69 Å². The quantitative estimate of drug-likeness (QED) is 0.881. The number of piperazine rings is 1. The first-order valence-electron chi connectivity index (χ1n) is 8.23. The lowest BCUT2D eigenvalue weighted by molar-refractivity contribution is 0.0945. The van der Waals surface area contributed by atoms with Gasteiger partial charge in [0.25, 0.3) is 5.91 Å². The van der Waals surface area contributed by atoms with Gasteiger partial charge in [-0.25, -0.2) is 9.97 Å². The van der Waals surface area contributed by atoms with E-state index in [1.54, 1.807) is 24.7 Å². The van der Waals surface area contributed by atoms with Crippen LogP contribution >= 0.6 is 0 Å². The molecule has 0 aromatic carbocycles. The van der Waals surface area contributed by atoms with E-state index in [0.29, 0.717) is 18.2 Å². The monoisotopic (exact) mass is 326 g/mol. The summed E-state index contributed by atoms with van der Waals surface area (Å²) in [6.07, 6.45) is 5.09. The molecule has 1 amide bonds. The molecule has 1 fully saturated rings. The average molecular weight is 326 g/mol. The molecule has 1 saturated heterocycles. The van der Waals surface area contributed by atoms with Crippen molar-refractivity contribution >= 4 is 11.9 Å². The van der Waals surface area contributed by atoms with Gasteiger partial charge in [-0.15, -0.1) is 0 Å². The SMILES string of the molecule is CCN1CCN(c2nccc(C(=O)NCc3cccnc3)n2)CC1. The van der Waals surface area contributed by atoms with Crippen LogP contribution in [0.4, 0.5) is 5.95 Å². The highest BCUT2D eigenvalue weighted by molar-refractivity contribution is 5.92. The van der Waals surface area contributed by atoms with Gasteiger partial charge >= 0.3 is 0 Å². The minimum atomic E-state index is -0.199. The lowest BCUT2D eigenvalue weighted by Crippen LogP contribution is -2.46. The molecule has 2 aromatic heterocycles. The number of likely N-dealkylation sites (N-methyl/N-ethyl adjacent to an activating group) is 1. The topological polar surface area (TPSA) is 74.2 Å². The largest absolute Gasteiger partial charge is 0.347 e. The van der Waals surface area contributed by atoms with Gasteiger partial charge in [0.15, 0.2) is 0 Å². The minimum absolute atomic E-state index is 0.199. The number of rotatable bonds is 5. The van der Waals surface area contributed by atoms with E-state index >= 15 is 0 Å². The maximum absolute atomic E-state index is 12.3. The van der Waals surface area contributed by atoms with E-state index in [0.717, 1.165) is 38.3 Å². The molecule has 7 heteroatoms. The number of nitrogens with one attached hydrogen (secondary N) is 1. The van der Waals surface area contributed by atoms with Crippen LogP contribution in [0.2, 0.25) is 0 Å². The van der Waals surface area contributed by atoms with E-state index in [9.17, 15) is 4.79 Å². The maximum Gasteiger partial charge on any atom is 0.270 e. The second-order valence-electron chi connectivity index (χ2n) is 5.71. The van der Waals surface area contributed by atoms with Crippen LogP contribution in [0.5, 0.6) is 0 Å². The molecule has 24 heavy (non-hydrogen) atoms. The number of amides is 1. The second kappa shape index (κ2) is 7.83. The van der Waals surface area contributed by atoms with Crippen molar-refractivity contribution in [3.63, 3.8) is 0 Å². The predicted octanol–water partition coefficient (Wildman–Crippen LogP) is 0.943. The van der Waals surface area contributed by atoms with Crippen molar-refractivity contribution in [3.8, 4) is 0 Å². The normalized spacial score (nSPS) is 15.3. The number of hydrogen-bond donors (Lipinski definition) is 1. The first-order chi connectivity index (χ1) is 11.8. The fraction of sp³-hybridized carbons (Fsp3) is 0.412. The molecule has 2 aromatic rings. The Morgan fingerprint density at radius 1 is 1.21 bits per heavy atom. The van der Waals surface area contributed by atoms with E-state index in [4.69, 9.17) is 0 Å². The smallest absolute Gasteiger partial charge is 0.270 e. The van der Waals surface area contributed by atoms with Gasteiger partial charge in [-0.1, -0.05) is 13.0 Å². The predicted molar refractivity (Wildman–Crippen MR) is 91.8 cm³/mol. The molecular formula is C17H22N6O. The molecule has 0 atom stereocenters. The zero-order chi connectivity index (χ0) is 16.8. The Morgan fingerprint density at radius 3 is 2.75 bits per heavy atom. The Labute approximate surface area is 141 Å². The molecule has 3 heterocycles. The zero-order valence-electron chi connectivity index (χ0n) is 13.9. The van der Waals surface area contributed by atoms with Crippen LogP contribution in [0.1, 0.15) is 23.0 Å². The van der Waals surface area contributed by atoms with E-state index in [-0.39, 0.29) is 5.91 Å². The molecule has 3 rings (SSSR count). The third kappa shape index (κ3) is 4.05. The number of carbonyl (C=O) groups excluding carboxylic acids is 1. The maximum atomic E-state index is 12.3. The summed E-state index contributed by atoms with van der Waals surface area (Å²) in [4.78, 5) is 29.6. The van der Waals surface area contributed by atoms with Crippen LogP contribution in [0.3, 0.4) is 0 Å². The van der Waals surface area contributed by atoms with Gasteiger partial charge in [0, 0.05) is 51.3 Å². The first kappa shape index (κ1) is 16.3. The van der Waals surface area contributed by atoms with Crippen LogP contribution in [0, 0.1) is 0 Å². The van der Waals surface area contributed by atoms with Gasteiger partial charge in [0.2, 0.25) is 5.95 Å². The van der Waals surface area contributed by atoms with Crippen molar-refractivity contribution in [2.45, 2.75) is 13.5 Å². The fourth-order valence-corrected chi connectivity index (χ4v) is 2.67. The molecule has 1 aliphatic heterocycles. The van der Waals surface area contributed by atoms with E-state index in [2.05, 4.69) is 37.0 Å². The summed E-state index contributed by atoms with van der Waals surface area (Å²) < 4.78 is 0. The third-order valence-corrected chi connectivity index (χ3v) is 4.15. The summed E-state index contributed by atoms with van der Waals surface area (Å²) in [7, 11) is 0. The number of aromatic nitrogens is 3. The van der Waals surface area contributed by atoms with Crippen LogP contribution in [0.25, 0.3) is 0 Å². The second-order valence-corrected chi connectivity index (χ2v) is 5.71. The van der Waals surface area contributed by atoms with Crippen molar-refractivity contribution < 1.29 is 4.79 Å². The Bertz CT molecular complexity index is 670. The van der Waals surface area contributed by atoms with Crippen molar-refractivity contribution in [1.82, 2.24) is 25.2 Å². The van der Waals surface area contributed by atoms with Crippen LogP contribution in [0.15, 0.2) is 36.8 Å². The number of hydrogen-bond acceptors (Lipinski definition) is 6. The van der Waals surface area contributed by atoms with Gasteiger partial charge < -0.3 is 15.1 Å². The summed E-state index contributed by atoms with van der Waals surface area (Å²) in [5, 5.41) is 2.87. The van der Waals surface area contributed by atoms with Crippen molar-refractivity contribution in [3.05, 3.63) is 48.0 Å². The van der Waals surface area contributed by atoms with Crippen molar-refractivity contribution in [2.24, 2.45) is 0 Å². The highest BCUT2D eigenvalue weighted by atomic mass is 16.1. The number of anilines is 1. The van der Waals surface area contributed by atoms with E-state index in [1.807, 2.05) is 12.1 Å². The molecular weight excluding hydrogens is 304 g/mol. The molecule has 1 N–H and O–H groups in total. The Kier molecular flexibility index (Phi) is 5.32. The average Bonchev–Trinajstić information content (AvgIpc) is 2.67. The molecule has 0 radical (unpaired) electrons. The number of nitrogens with zero attached hydrogens (tertiary/aromatic N) is 5. The minimum Gasteiger partial charge on any atom is -0.347 e. The van der Waals surface area contributed by atoms with Crippen LogP contribution in [-0.2, 0) is 6.54 Å². The van der Waals surface area contributed by atoms with Gasteiger partial charge in [-0.05, 0) is 24.2 Å². The molecule has 0 saturated carbocycles.